The van der Waals surface area contributed by atoms with Crippen LogP contribution in [0.3, 0.4) is 0 Å². The predicted octanol–water partition coefficient (Wildman–Crippen LogP) is 2.83. The fraction of sp³-hybridized carbons (Fsp3) is 0.438. The van der Waals surface area contributed by atoms with E-state index in [0.29, 0.717) is 71.1 Å². The van der Waals surface area contributed by atoms with E-state index in [1.807, 2.05) is 0 Å². The Hall–Kier alpha value is -6.27. The summed E-state index contributed by atoms with van der Waals surface area (Å²) in [6.07, 6.45) is 0. The van der Waals surface area contributed by atoms with Crippen molar-refractivity contribution in [3.8, 4) is 23.0 Å². The number of imide groups is 2. The summed E-state index contributed by atoms with van der Waals surface area (Å²) in [5.74, 6) is -4.09. The number of anilines is 1. The van der Waals surface area contributed by atoms with Crippen LogP contribution in [0.25, 0.3) is 10.8 Å². The van der Waals surface area contributed by atoms with Crippen molar-refractivity contribution in [2.24, 2.45) is 0 Å². The van der Waals surface area contributed by atoms with Gasteiger partial charge in [-0.3, -0.25) is 29.4 Å². The normalized spacial score (nSPS) is 13.1. The molecule has 69 heavy (non-hydrogen) atoms. The van der Waals surface area contributed by atoms with Crippen molar-refractivity contribution in [1.82, 2.24) is 10.4 Å². The zero-order chi connectivity index (χ0) is 49.0. The number of carbonyl (C=O) groups excluding carboxylic acids is 5. The lowest BCUT2D eigenvalue weighted by atomic mass is 9.86. The summed E-state index contributed by atoms with van der Waals surface area (Å²) in [6.45, 7) is 4.95. The van der Waals surface area contributed by atoms with E-state index in [2.05, 4.69) is 5.43 Å². The highest BCUT2D eigenvalue weighted by Crippen LogP contribution is 2.45. The number of rotatable bonds is 33. The molecule has 0 radical (unpaired) electrons. The quantitative estimate of drug-likeness (QED) is 0.0534. The zero-order valence-electron chi connectivity index (χ0n) is 38.7. The van der Waals surface area contributed by atoms with Gasteiger partial charge in [-0.15, -0.1) is 5.75 Å². The van der Waals surface area contributed by atoms with Gasteiger partial charge in [-0.05, 0) is 24.3 Å². The molecular weight excluding hydrogens is 907 g/mol. The van der Waals surface area contributed by atoms with Crippen molar-refractivity contribution in [3.63, 3.8) is 0 Å². The van der Waals surface area contributed by atoms with Gasteiger partial charge in [0.05, 0.1) is 116 Å². The average molecular weight is 963 g/mol. The summed E-state index contributed by atoms with van der Waals surface area (Å²) < 4.78 is 67.2. The van der Waals surface area contributed by atoms with Gasteiger partial charge in [0.15, 0.2) is 11.5 Å². The molecule has 0 spiro atoms. The number of methoxy groups -OCH3 is 3. The first-order valence-corrected chi connectivity index (χ1v) is 22.1. The van der Waals surface area contributed by atoms with Gasteiger partial charge >= 0.3 is 0 Å². The van der Waals surface area contributed by atoms with Gasteiger partial charge in [0.25, 0.3) is 29.5 Å². The Morgan fingerprint density at radius 1 is 0.464 bits per heavy atom. The molecular formula is C48H56N3O18-. The van der Waals surface area contributed by atoms with Crippen LogP contribution in [-0.4, -0.2) is 175 Å². The molecule has 0 unspecified atom stereocenters. The highest BCUT2D eigenvalue weighted by atomic mass is 16.6. The van der Waals surface area contributed by atoms with Crippen LogP contribution < -0.4 is 29.6 Å². The Bertz CT molecular complexity index is 2260. The lowest BCUT2D eigenvalue weighted by molar-refractivity contribution is -0.268. The molecule has 2 aliphatic rings. The van der Waals surface area contributed by atoms with Gasteiger partial charge in [0.2, 0.25) is 5.75 Å². The molecule has 2 aliphatic heterocycles. The summed E-state index contributed by atoms with van der Waals surface area (Å²) in [5.41, 5.74) is 2.40. The second kappa shape index (κ2) is 27.1. The van der Waals surface area contributed by atoms with Gasteiger partial charge in [0.1, 0.15) is 19.8 Å². The molecule has 4 aromatic rings. The largest absolute Gasteiger partial charge is 0.872 e. The van der Waals surface area contributed by atoms with Crippen molar-refractivity contribution in [2.75, 3.05) is 145 Å². The minimum Gasteiger partial charge on any atom is -0.872 e. The van der Waals surface area contributed by atoms with Gasteiger partial charge in [-0.2, -0.15) is 5.01 Å². The highest BCUT2D eigenvalue weighted by Gasteiger charge is 2.41. The van der Waals surface area contributed by atoms with E-state index in [1.54, 1.807) is 21.3 Å². The van der Waals surface area contributed by atoms with Crippen LogP contribution in [-0.2, 0) is 42.6 Å². The third-order valence-electron chi connectivity index (χ3n) is 10.3. The number of carbonyl (C=O) groups is 5. The van der Waals surface area contributed by atoms with Crippen LogP contribution in [0.5, 0.6) is 23.0 Å². The Morgan fingerprint density at radius 3 is 1.20 bits per heavy atom. The molecule has 6 rings (SSSR count). The molecule has 0 saturated heterocycles. The SMILES string of the molecule is COCCOCCOCCOc1cc(N2C(=O)c3ccc4c5c(ccc(c35)C2=O)C(=O)N(NC(=O)c2ccc([O-])cc2)C4=O)cc(OCCOCCOCCOC)c1OCCOCCOCCOC. The molecule has 1 N–H and O–H groups in total. The second-order valence-electron chi connectivity index (χ2n) is 14.9. The number of nitrogens with zero attached hydrogens (tertiary/aromatic N) is 2. The number of hydrazine groups is 1. The van der Waals surface area contributed by atoms with Crippen molar-refractivity contribution in [2.45, 2.75) is 0 Å². The minimum absolute atomic E-state index is 0.0142. The van der Waals surface area contributed by atoms with Crippen LogP contribution in [0, 0.1) is 0 Å². The number of hydrogen-bond donors (Lipinski definition) is 1. The van der Waals surface area contributed by atoms with Crippen molar-refractivity contribution in [3.05, 3.63) is 88.5 Å². The topological polar surface area (TPSA) is 238 Å². The summed E-state index contributed by atoms with van der Waals surface area (Å²) in [4.78, 5) is 71.0. The Morgan fingerprint density at radius 2 is 0.812 bits per heavy atom. The summed E-state index contributed by atoms with van der Waals surface area (Å²) >= 11 is 0. The Kier molecular flexibility index (Phi) is 20.4. The number of ether oxygens (including phenoxy) is 12. The molecule has 372 valence electrons. The molecule has 0 aliphatic carbocycles. The predicted molar refractivity (Wildman–Crippen MR) is 242 cm³/mol. The van der Waals surface area contributed by atoms with Crippen LogP contribution in [0.15, 0.2) is 60.7 Å². The molecule has 4 aromatic carbocycles. The summed E-state index contributed by atoms with van der Waals surface area (Å²) in [5, 5.41) is 12.3. The van der Waals surface area contributed by atoms with Gasteiger partial charge in [0, 0.05) is 60.9 Å². The van der Waals surface area contributed by atoms with Gasteiger partial charge in [-0.1, -0.05) is 24.3 Å². The van der Waals surface area contributed by atoms with E-state index in [-0.39, 0.29) is 120 Å². The lowest BCUT2D eigenvalue weighted by Gasteiger charge is -2.32. The fourth-order valence-electron chi connectivity index (χ4n) is 7.05. The van der Waals surface area contributed by atoms with Crippen LogP contribution in [0.2, 0.25) is 0 Å². The first kappa shape index (κ1) is 52.1. The number of hydrogen-bond acceptors (Lipinski definition) is 18. The molecule has 0 saturated carbocycles. The maximum absolute atomic E-state index is 14.6. The van der Waals surface area contributed by atoms with Crippen molar-refractivity contribution in [1.29, 1.82) is 0 Å². The van der Waals surface area contributed by atoms with E-state index in [4.69, 9.17) is 56.8 Å². The average Bonchev–Trinajstić information content (AvgIpc) is 3.35. The monoisotopic (exact) mass is 962 g/mol. The number of benzene rings is 4. The first-order chi connectivity index (χ1) is 33.7. The summed E-state index contributed by atoms with van der Waals surface area (Å²) in [7, 11) is 4.75. The van der Waals surface area contributed by atoms with E-state index in [9.17, 15) is 29.1 Å². The first-order valence-electron chi connectivity index (χ1n) is 22.1. The molecule has 0 fully saturated rings. The Labute approximate surface area is 398 Å². The molecule has 5 amide bonds. The number of nitrogens with one attached hydrogen (secondary N) is 1. The van der Waals surface area contributed by atoms with Gasteiger partial charge < -0.3 is 61.9 Å². The Balaban J connectivity index is 1.27. The standard InChI is InChI=1S/C48H57N3O18/c1-58-12-15-61-18-21-64-24-27-67-39-30-33(31-40(68-28-25-65-22-19-62-16-13-59-2)43(39)69-29-26-66-23-20-63-17-14-60-3)50-45(54)35-8-10-37-42-38(11-9-36(41(35)42)46(50)55)48(57)51(47(37)56)49-44(53)32-4-6-34(52)7-5-32/h4-11,30-31,52H,12-29H2,1-3H3,(H,49,53)/p-1. The minimum atomic E-state index is -0.891. The van der Waals surface area contributed by atoms with E-state index in [0.717, 1.165) is 4.90 Å². The van der Waals surface area contributed by atoms with E-state index in [1.165, 1.54) is 60.7 Å². The van der Waals surface area contributed by atoms with E-state index >= 15 is 0 Å². The summed E-state index contributed by atoms with van der Waals surface area (Å²) in [6, 6.07) is 13.3. The third-order valence-corrected chi connectivity index (χ3v) is 10.3. The maximum Gasteiger partial charge on any atom is 0.280 e. The lowest BCUT2D eigenvalue weighted by Crippen LogP contribution is -2.52. The van der Waals surface area contributed by atoms with Crippen molar-refractivity contribution < 1.29 is 85.9 Å². The molecule has 0 atom stereocenters. The second-order valence-corrected chi connectivity index (χ2v) is 14.9. The molecule has 21 nitrogen and oxygen atoms in total. The third kappa shape index (κ3) is 13.7. The van der Waals surface area contributed by atoms with Gasteiger partial charge in [-0.25, -0.2) is 4.90 Å². The molecule has 2 heterocycles. The maximum atomic E-state index is 14.6. The molecule has 21 heteroatoms. The molecule has 0 aromatic heterocycles. The van der Waals surface area contributed by atoms with Crippen LogP contribution in [0.1, 0.15) is 51.8 Å². The zero-order valence-corrected chi connectivity index (χ0v) is 38.7. The highest BCUT2D eigenvalue weighted by molar-refractivity contribution is 6.39. The van der Waals surface area contributed by atoms with E-state index < -0.39 is 29.5 Å². The molecule has 0 bridgehead atoms. The fourth-order valence-corrected chi connectivity index (χ4v) is 7.05. The van der Waals surface area contributed by atoms with Crippen LogP contribution in [0.4, 0.5) is 5.69 Å². The van der Waals surface area contributed by atoms with Crippen LogP contribution >= 0.6 is 0 Å². The number of amides is 5. The van der Waals surface area contributed by atoms with Crippen molar-refractivity contribution >= 4 is 46.0 Å². The smallest absolute Gasteiger partial charge is 0.280 e.